The Morgan fingerprint density at radius 2 is 1.58 bits per heavy atom. The monoisotopic (exact) mass is 391 g/mol. The topological polar surface area (TPSA) is 21.3 Å². The summed E-state index contributed by atoms with van der Waals surface area (Å²) in [4.78, 5) is 0. The van der Waals surface area contributed by atoms with Gasteiger partial charge in [-0.3, -0.25) is 0 Å². The highest BCUT2D eigenvalue weighted by atomic mass is 35.5. The predicted molar refractivity (Wildman–Crippen MR) is 106 cm³/mol. The lowest BCUT2D eigenvalue weighted by Gasteiger charge is -2.10. The van der Waals surface area contributed by atoms with Crippen molar-refractivity contribution in [2.24, 2.45) is 0 Å². The summed E-state index contributed by atoms with van der Waals surface area (Å²) in [6.45, 7) is 1.83. The maximum absolute atomic E-state index is 12.9. The molecular weight excluding hydrogens is 372 g/mol. The zero-order valence-electron chi connectivity index (χ0n) is 14.1. The first kappa shape index (κ1) is 20.2. The predicted octanol–water partition coefficient (Wildman–Crippen LogP) is 5.77. The molecule has 0 spiro atoms. The molecule has 0 amide bonds. The van der Waals surface area contributed by atoms with Crippen molar-refractivity contribution in [1.29, 1.82) is 0 Å². The van der Waals surface area contributed by atoms with Crippen molar-refractivity contribution in [3.05, 3.63) is 100 Å². The Morgan fingerprint density at radius 1 is 0.846 bits per heavy atom. The van der Waals surface area contributed by atoms with Gasteiger partial charge in [-0.15, -0.1) is 12.4 Å². The van der Waals surface area contributed by atoms with Crippen LogP contribution in [0.1, 0.15) is 16.7 Å². The second-order valence-electron chi connectivity index (χ2n) is 5.76. The van der Waals surface area contributed by atoms with Gasteiger partial charge in [0.25, 0.3) is 0 Å². The Balaban J connectivity index is 0.00000243. The molecule has 0 saturated carbocycles. The summed E-state index contributed by atoms with van der Waals surface area (Å²) >= 11 is 6.14. The van der Waals surface area contributed by atoms with Crippen molar-refractivity contribution < 1.29 is 9.13 Å². The van der Waals surface area contributed by atoms with Crippen LogP contribution in [0.15, 0.2) is 72.8 Å². The van der Waals surface area contributed by atoms with Gasteiger partial charge in [0, 0.05) is 23.7 Å². The molecule has 3 aromatic carbocycles. The van der Waals surface area contributed by atoms with Gasteiger partial charge >= 0.3 is 0 Å². The molecule has 0 aliphatic heterocycles. The van der Waals surface area contributed by atoms with Gasteiger partial charge in [0.1, 0.15) is 18.2 Å². The highest BCUT2D eigenvalue weighted by molar-refractivity contribution is 6.31. The van der Waals surface area contributed by atoms with Crippen LogP contribution in [0.25, 0.3) is 0 Å². The molecular formula is C21H20Cl2FNO. The van der Waals surface area contributed by atoms with Crippen LogP contribution >= 0.6 is 24.0 Å². The molecule has 0 aliphatic rings. The van der Waals surface area contributed by atoms with Crippen LogP contribution in [0.2, 0.25) is 5.02 Å². The van der Waals surface area contributed by atoms with Crippen LogP contribution in [0.5, 0.6) is 5.75 Å². The van der Waals surface area contributed by atoms with Gasteiger partial charge in [-0.05, 0) is 41.5 Å². The zero-order chi connectivity index (χ0) is 17.5. The van der Waals surface area contributed by atoms with Crippen molar-refractivity contribution in [2.75, 3.05) is 0 Å². The van der Waals surface area contributed by atoms with E-state index in [0.717, 1.165) is 22.4 Å². The number of benzene rings is 3. The van der Waals surface area contributed by atoms with Crippen LogP contribution in [-0.2, 0) is 19.7 Å². The van der Waals surface area contributed by atoms with E-state index in [0.29, 0.717) is 24.7 Å². The molecule has 136 valence electrons. The largest absolute Gasteiger partial charge is 0.489 e. The van der Waals surface area contributed by atoms with Crippen molar-refractivity contribution in [1.82, 2.24) is 5.32 Å². The van der Waals surface area contributed by atoms with Crippen LogP contribution in [0, 0.1) is 5.82 Å². The van der Waals surface area contributed by atoms with Crippen molar-refractivity contribution >= 4 is 24.0 Å². The summed E-state index contributed by atoms with van der Waals surface area (Å²) in [6, 6.07) is 22.1. The highest BCUT2D eigenvalue weighted by Gasteiger charge is 2.02. The molecule has 0 aromatic heterocycles. The van der Waals surface area contributed by atoms with Crippen molar-refractivity contribution in [2.45, 2.75) is 19.7 Å². The van der Waals surface area contributed by atoms with Crippen molar-refractivity contribution in [3.63, 3.8) is 0 Å². The molecule has 3 aromatic rings. The Morgan fingerprint density at radius 3 is 2.35 bits per heavy atom. The van der Waals surface area contributed by atoms with E-state index in [-0.39, 0.29) is 18.2 Å². The molecule has 3 rings (SSSR count). The van der Waals surface area contributed by atoms with Gasteiger partial charge < -0.3 is 10.1 Å². The molecule has 1 N–H and O–H groups in total. The summed E-state index contributed by atoms with van der Waals surface area (Å²) in [7, 11) is 0. The average Bonchev–Trinajstić information content (AvgIpc) is 2.63. The van der Waals surface area contributed by atoms with Gasteiger partial charge in [-0.25, -0.2) is 4.39 Å². The Labute approximate surface area is 164 Å². The fourth-order valence-corrected chi connectivity index (χ4v) is 2.67. The summed E-state index contributed by atoms with van der Waals surface area (Å²) in [5.41, 5.74) is 3.13. The van der Waals surface area contributed by atoms with E-state index in [1.54, 1.807) is 12.1 Å². The molecule has 0 unspecified atom stereocenters. The Kier molecular flexibility index (Phi) is 7.92. The van der Waals surface area contributed by atoms with Gasteiger partial charge in [-0.1, -0.05) is 54.1 Å². The fourth-order valence-electron chi connectivity index (χ4n) is 2.48. The van der Waals surface area contributed by atoms with E-state index in [4.69, 9.17) is 16.3 Å². The van der Waals surface area contributed by atoms with E-state index >= 15 is 0 Å². The summed E-state index contributed by atoms with van der Waals surface area (Å²) in [5, 5.41) is 4.06. The molecule has 0 fully saturated rings. The first-order chi connectivity index (χ1) is 12.2. The second-order valence-corrected chi connectivity index (χ2v) is 6.16. The first-order valence-corrected chi connectivity index (χ1v) is 8.49. The van der Waals surface area contributed by atoms with Gasteiger partial charge in [-0.2, -0.15) is 0 Å². The number of rotatable bonds is 7. The van der Waals surface area contributed by atoms with E-state index in [1.807, 2.05) is 48.5 Å². The first-order valence-electron chi connectivity index (χ1n) is 8.11. The average molecular weight is 392 g/mol. The third kappa shape index (κ3) is 6.03. The maximum Gasteiger partial charge on any atom is 0.123 e. The number of halogens is 3. The molecule has 26 heavy (non-hydrogen) atoms. The minimum Gasteiger partial charge on any atom is -0.489 e. The van der Waals surface area contributed by atoms with Crippen molar-refractivity contribution in [3.8, 4) is 5.75 Å². The van der Waals surface area contributed by atoms with Crippen LogP contribution < -0.4 is 10.1 Å². The molecule has 0 bridgehead atoms. The molecule has 5 heteroatoms. The van der Waals surface area contributed by atoms with Gasteiger partial charge in [0.15, 0.2) is 0 Å². The third-order valence-electron chi connectivity index (χ3n) is 3.82. The number of hydrogen-bond acceptors (Lipinski definition) is 2. The second kappa shape index (κ2) is 10.2. The third-order valence-corrected chi connectivity index (χ3v) is 4.19. The Bertz CT molecular complexity index is 824. The zero-order valence-corrected chi connectivity index (χ0v) is 15.7. The molecule has 0 radical (unpaired) electrons. The van der Waals surface area contributed by atoms with Crippen LogP contribution in [-0.4, -0.2) is 0 Å². The summed E-state index contributed by atoms with van der Waals surface area (Å²) < 4.78 is 18.7. The SMILES string of the molecule is Cl.Fc1ccc(CNCc2cccc(OCc3ccccc3Cl)c2)cc1. The molecule has 0 aliphatic carbocycles. The summed E-state index contributed by atoms with van der Waals surface area (Å²) in [5.74, 6) is 0.591. The lowest BCUT2D eigenvalue weighted by molar-refractivity contribution is 0.306. The minimum absolute atomic E-state index is 0. The van der Waals surface area contributed by atoms with E-state index in [2.05, 4.69) is 5.32 Å². The maximum atomic E-state index is 12.9. The van der Waals surface area contributed by atoms with E-state index in [1.165, 1.54) is 12.1 Å². The van der Waals surface area contributed by atoms with E-state index in [9.17, 15) is 4.39 Å². The lowest BCUT2D eigenvalue weighted by Crippen LogP contribution is -2.12. The number of hydrogen-bond donors (Lipinski definition) is 1. The number of nitrogens with one attached hydrogen (secondary N) is 1. The molecule has 0 saturated heterocycles. The quantitative estimate of drug-likeness (QED) is 0.551. The van der Waals surface area contributed by atoms with Crippen LogP contribution in [0.3, 0.4) is 0 Å². The smallest absolute Gasteiger partial charge is 0.123 e. The summed E-state index contributed by atoms with van der Waals surface area (Å²) in [6.07, 6.45) is 0. The van der Waals surface area contributed by atoms with Gasteiger partial charge in [0.05, 0.1) is 0 Å². The van der Waals surface area contributed by atoms with Crippen LogP contribution in [0.4, 0.5) is 4.39 Å². The minimum atomic E-state index is -0.216. The molecule has 0 atom stereocenters. The highest BCUT2D eigenvalue weighted by Crippen LogP contribution is 2.19. The van der Waals surface area contributed by atoms with Gasteiger partial charge in [0.2, 0.25) is 0 Å². The normalized spacial score (nSPS) is 10.2. The Hall–Kier alpha value is -2.07. The molecule has 2 nitrogen and oxygen atoms in total. The standard InChI is InChI=1S/C21H19ClFNO.ClH/c22-21-7-2-1-5-18(21)15-25-20-6-3-4-17(12-20)14-24-13-16-8-10-19(23)11-9-16;/h1-12,24H,13-15H2;1H. The van der Waals surface area contributed by atoms with E-state index < -0.39 is 0 Å². The number of ether oxygens (including phenoxy) is 1. The fraction of sp³-hybridized carbons (Fsp3) is 0.143. The lowest BCUT2D eigenvalue weighted by atomic mass is 10.2. The molecule has 0 heterocycles.